The lowest BCUT2D eigenvalue weighted by Gasteiger charge is -1.96. The van der Waals surface area contributed by atoms with Crippen molar-refractivity contribution in [3.8, 4) is 0 Å². The van der Waals surface area contributed by atoms with Crippen LogP contribution in [0.15, 0.2) is 29.5 Å². The van der Waals surface area contributed by atoms with Crippen LogP contribution < -0.4 is 0 Å². The van der Waals surface area contributed by atoms with Crippen molar-refractivity contribution in [1.82, 2.24) is 9.55 Å². The monoisotopic (exact) mass is 172 g/mol. The summed E-state index contributed by atoms with van der Waals surface area (Å²) in [6, 6.07) is 0. The molecule has 11 heavy (non-hydrogen) atoms. The van der Waals surface area contributed by atoms with Crippen LogP contribution in [0.5, 0.6) is 0 Å². The highest BCUT2D eigenvalue weighted by Crippen LogP contribution is 2.06. The van der Waals surface area contributed by atoms with E-state index in [0.717, 1.165) is 5.41 Å². The van der Waals surface area contributed by atoms with Gasteiger partial charge >= 0.3 is 0 Å². The lowest BCUT2D eigenvalue weighted by atomic mass is 10.9. The van der Waals surface area contributed by atoms with E-state index in [1.54, 1.807) is 13.2 Å². The molecule has 60 valence electrons. The van der Waals surface area contributed by atoms with Crippen LogP contribution >= 0.6 is 0 Å². The molecule has 0 unspecified atom stereocenters. The predicted octanol–water partition coefficient (Wildman–Crippen LogP) is 0.337. The van der Waals surface area contributed by atoms with Crippen molar-refractivity contribution >= 4 is 9.84 Å². The average Bonchev–Trinajstić information content (AvgIpc) is 2.36. The first-order chi connectivity index (χ1) is 5.08. The topological polar surface area (TPSA) is 52.0 Å². The fraction of sp³-hybridized carbons (Fsp3) is 0.167. The van der Waals surface area contributed by atoms with Gasteiger partial charge in [-0.2, -0.15) is 0 Å². The molecule has 0 radical (unpaired) electrons. The minimum atomic E-state index is -3.37. The molecule has 0 saturated carbocycles. The van der Waals surface area contributed by atoms with Crippen LogP contribution in [0.4, 0.5) is 0 Å². The highest BCUT2D eigenvalue weighted by molar-refractivity contribution is 7.94. The average molecular weight is 172 g/mol. The smallest absolute Gasteiger partial charge is 0.232 e. The molecular formula is C6H8N2O2S. The number of sulfone groups is 1. The lowest BCUT2D eigenvalue weighted by Crippen LogP contribution is -2.03. The molecule has 0 aliphatic carbocycles. The maximum atomic E-state index is 11.1. The van der Waals surface area contributed by atoms with Gasteiger partial charge in [0.05, 0.1) is 0 Å². The van der Waals surface area contributed by atoms with Crippen molar-refractivity contribution in [2.75, 3.05) is 0 Å². The second-order valence-corrected chi connectivity index (χ2v) is 3.82. The van der Waals surface area contributed by atoms with E-state index in [9.17, 15) is 8.42 Å². The Bertz CT molecular complexity index is 364. The molecule has 1 rings (SSSR count). The molecule has 0 aromatic carbocycles. The predicted molar refractivity (Wildman–Crippen MR) is 40.6 cm³/mol. The van der Waals surface area contributed by atoms with E-state index in [-0.39, 0.29) is 5.16 Å². The Kier molecular flexibility index (Phi) is 1.82. The van der Waals surface area contributed by atoms with Gasteiger partial charge in [0.1, 0.15) is 0 Å². The molecule has 0 aliphatic heterocycles. The second-order valence-electron chi connectivity index (χ2n) is 2.03. The standard InChI is InChI=1S/C6H8N2O2S/c1-3-11(9,10)6-7-4-5-8(6)2/h3-5H,1H2,2H3. The van der Waals surface area contributed by atoms with Crippen LogP contribution in [0.3, 0.4) is 0 Å². The molecule has 0 atom stereocenters. The summed E-state index contributed by atoms with van der Waals surface area (Å²) < 4.78 is 23.6. The van der Waals surface area contributed by atoms with Gasteiger partial charge in [-0.15, -0.1) is 0 Å². The third-order valence-corrected chi connectivity index (χ3v) is 2.59. The normalized spacial score (nSPS) is 11.4. The molecule has 0 aliphatic rings. The summed E-state index contributed by atoms with van der Waals surface area (Å²) in [7, 11) is -1.76. The number of rotatable bonds is 2. The van der Waals surface area contributed by atoms with E-state index >= 15 is 0 Å². The van der Waals surface area contributed by atoms with Crippen LogP contribution in [0.2, 0.25) is 0 Å². The van der Waals surface area contributed by atoms with Crippen molar-refractivity contribution < 1.29 is 8.42 Å². The van der Waals surface area contributed by atoms with Gasteiger partial charge < -0.3 is 4.57 Å². The maximum Gasteiger partial charge on any atom is 0.232 e. The summed E-state index contributed by atoms with van der Waals surface area (Å²) in [5, 5.41) is 0.905. The molecule has 0 saturated heterocycles. The fourth-order valence-electron chi connectivity index (χ4n) is 0.701. The van der Waals surface area contributed by atoms with Crippen LogP contribution in [-0.2, 0) is 16.9 Å². The minimum absolute atomic E-state index is 0.0208. The van der Waals surface area contributed by atoms with Gasteiger partial charge in [0.15, 0.2) is 0 Å². The van der Waals surface area contributed by atoms with Gasteiger partial charge in [-0.1, -0.05) is 6.58 Å². The molecule has 0 amide bonds. The summed E-state index contributed by atoms with van der Waals surface area (Å²) in [6.45, 7) is 3.19. The Balaban J connectivity index is 3.33. The van der Waals surface area contributed by atoms with E-state index in [1.807, 2.05) is 0 Å². The molecule has 1 heterocycles. The van der Waals surface area contributed by atoms with Crippen molar-refractivity contribution in [3.05, 3.63) is 24.4 Å². The third-order valence-electron chi connectivity index (χ3n) is 1.25. The van der Waals surface area contributed by atoms with Gasteiger partial charge in [0.2, 0.25) is 15.0 Å². The van der Waals surface area contributed by atoms with Gasteiger partial charge in [0.25, 0.3) is 0 Å². The molecule has 1 aromatic heterocycles. The number of nitrogens with zero attached hydrogens (tertiary/aromatic N) is 2. The largest absolute Gasteiger partial charge is 0.325 e. The van der Waals surface area contributed by atoms with Gasteiger partial charge in [-0.25, -0.2) is 13.4 Å². The van der Waals surface area contributed by atoms with E-state index in [0.29, 0.717) is 0 Å². The second kappa shape index (κ2) is 2.50. The van der Waals surface area contributed by atoms with E-state index < -0.39 is 9.84 Å². The fourth-order valence-corrected chi connectivity index (χ4v) is 1.52. The first kappa shape index (κ1) is 8.00. The number of hydrogen-bond acceptors (Lipinski definition) is 3. The summed E-state index contributed by atoms with van der Waals surface area (Å²) >= 11 is 0. The molecule has 5 heteroatoms. The zero-order valence-corrected chi connectivity index (χ0v) is 6.87. The Labute approximate surface area is 65.1 Å². The van der Waals surface area contributed by atoms with Gasteiger partial charge in [0, 0.05) is 24.8 Å². The van der Waals surface area contributed by atoms with Crippen LogP contribution in [-0.4, -0.2) is 18.0 Å². The van der Waals surface area contributed by atoms with Crippen molar-refractivity contribution in [1.29, 1.82) is 0 Å². The van der Waals surface area contributed by atoms with E-state index in [4.69, 9.17) is 0 Å². The SMILES string of the molecule is C=CS(=O)(=O)c1nccn1C. The molecule has 0 spiro atoms. The maximum absolute atomic E-state index is 11.1. The van der Waals surface area contributed by atoms with Crippen molar-refractivity contribution in [2.45, 2.75) is 5.16 Å². The summed E-state index contributed by atoms with van der Waals surface area (Å²) in [6.07, 6.45) is 2.99. The Morgan fingerprint density at radius 2 is 2.36 bits per heavy atom. The van der Waals surface area contributed by atoms with E-state index in [1.165, 1.54) is 10.8 Å². The third kappa shape index (κ3) is 1.32. The number of aromatic nitrogens is 2. The number of aryl methyl sites for hydroxylation is 1. The highest BCUT2D eigenvalue weighted by atomic mass is 32.2. The summed E-state index contributed by atoms with van der Waals surface area (Å²) in [5.41, 5.74) is 0. The molecule has 0 bridgehead atoms. The van der Waals surface area contributed by atoms with Crippen LogP contribution in [0, 0.1) is 0 Å². The Morgan fingerprint density at radius 3 is 2.73 bits per heavy atom. The van der Waals surface area contributed by atoms with Gasteiger partial charge in [-0.05, 0) is 0 Å². The van der Waals surface area contributed by atoms with Gasteiger partial charge in [-0.3, -0.25) is 0 Å². The highest BCUT2D eigenvalue weighted by Gasteiger charge is 2.13. The Morgan fingerprint density at radius 1 is 1.73 bits per heavy atom. The molecule has 0 fully saturated rings. The first-order valence-corrected chi connectivity index (χ1v) is 4.47. The quantitative estimate of drug-likeness (QED) is 0.646. The van der Waals surface area contributed by atoms with Crippen molar-refractivity contribution in [2.24, 2.45) is 7.05 Å². The van der Waals surface area contributed by atoms with Crippen LogP contribution in [0.1, 0.15) is 0 Å². The zero-order valence-electron chi connectivity index (χ0n) is 6.06. The lowest BCUT2D eigenvalue weighted by molar-refractivity contribution is 0.588. The molecular weight excluding hydrogens is 164 g/mol. The van der Waals surface area contributed by atoms with Crippen molar-refractivity contribution in [3.63, 3.8) is 0 Å². The molecule has 1 aromatic rings. The summed E-state index contributed by atoms with van der Waals surface area (Å²) in [4.78, 5) is 3.66. The first-order valence-electron chi connectivity index (χ1n) is 2.93. The Hall–Kier alpha value is -1.10. The van der Waals surface area contributed by atoms with E-state index in [2.05, 4.69) is 11.6 Å². The van der Waals surface area contributed by atoms with Crippen LogP contribution in [0.25, 0.3) is 0 Å². The number of imidazole rings is 1. The summed E-state index contributed by atoms with van der Waals surface area (Å²) in [5.74, 6) is 0. The molecule has 4 nitrogen and oxygen atoms in total. The molecule has 0 N–H and O–H groups in total. The minimum Gasteiger partial charge on any atom is -0.325 e. The number of hydrogen-bond donors (Lipinski definition) is 0. The zero-order chi connectivity index (χ0) is 8.48.